The first-order chi connectivity index (χ1) is 10.2. The van der Waals surface area contributed by atoms with Crippen LogP contribution >= 0.6 is 0 Å². The number of nitriles is 1. The van der Waals surface area contributed by atoms with Gasteiger partial charge in [-0.3, -0.25) is 0 Å². The van der Waals surface area contributed by atoms with Crippen LogP contribution in [-0.4, -0.2) is 7.11 Å². The van der Waals surface area contributed by atoms with Crippen LogP contribution in [0.5, 0.6) is 11.5 Å². The molecule has 0 aliphatic carbocycles. The molecule has 0 heterocycles. The predicted molar refractivity (Wildman–Crippen MR) is 76.3 cm³/mol. The van der Waals surface area contributed by atoms with Crippen LogP contribution in [0.1, 0.15) is 16.7 Å². The van der Waals surface area contributed by atoms with Crippen LogP contribution in [0.2, 0.25) is 0 Å². The van der Waals surface area contributed by atoms with Crippen molar-refractivity contribution in [1.82, 2.24) is 0 Å². The van der Waals surface area contributed by atoms with Gasteiger partial charge in [0.15, 0.2) is 11.5 Å². The number of rotatable bonds is 5. The molecule has 0 bridgehead atoms. The van der Waals surface area contributed by atoms with E-state index >= 15 is 0 Å². The number of ether oxygens (including phenoxy) is 2. The van der Waals surface area contributed by atoms with Crippen molar-refractivity contribution in [3.63, 3.8) is 0 Å². The van der Waals surface area contributed by atoms with Gasteiger partial charge in [-0.2, -0.15) is 5.26 Å². The van der Waals surface area contributed by atoms with E-state index in [2.05, 4.69) is 0 Å². The summed E-state index contributed by atoms with van der Waals surface area (Å²) in [6, 6.07) is 11.8. The molecule has 0 atom stereocenters. The van der Waals surface area contributed by atoms with Crippen molar-refractivity contribution in [3.05, 3.63) is 58.9 Å². The van der Waals surface area contributed by atoms with Crippen molar-refractivity contribution in [1.29, 1.82) is 5.26 Å². The summed E-state index contributed by atoms with van der Waals surface area (Å²) in [5.74, 6) is 0.472. The van der Waals surface area contributed by atoms with Crippen LogP contribution in [-0.2, 0) is 13.2 Å². The average Bonchev–Trinajstić information content (AvgIpc) is 2.53. The second-order valence-corrected chi connectivity index (χ2v) is 4.37. The molecule has 0 aliphatic rings. The Balaban J connectivity index is 2.22. The Kier molecular flexibility index (Phi) is 4.75. The second-order valence-electron chi connectivity index (χ2n) is 4.37. The van der Waals surface area contributed by atoms with E-state index in [4.69, 9.17) is 20.5 Å². The van der Waals surface area contributed by atoms with Crippen molar-refractivity contribution in [2.45, 2.75) is 13.2 Å². The summed E-state index contributed by atoms with van der Waals surface area (Å²) in [6.45, 7) is 0.379. The highest BCUT2D eigenvalue weighted by Crippen LogP contribution is 2.29. The summed E-state index contributed by atoms with van der Waals surface area (Å²) in [7, 11) is 1.53. The van der Waals surface area contributed by atoms with E-state index < -0.39 is 5.82 Å². The Hall–Kier alpha value is -2.58. The fraction of sp³-hybridized carbons (Fsp3) is 0.188. The maximum Gasteiger partial charge on any atom is 0.161 e. The molecule has 0 spiro atoms. The average molecular weight is 286 g/mol. The minimum Gasteiger partial charge on any atom is -0.493 e. The molecule has 2 aromatic carbocycles. The van der Waals surface area contributed by atoms with E-state index in [-0.39, 0.29) is 12.2 Å². The Morgan fingerprint density at radius 3 is 2.71 bits per heavy atom. The molecule has 21 heavy (non-hydrogen) atoms. The van der Waals surface area contributed by atoms with Crippen molar-refractivity contribution in [2.75, 3.05) is 7.11 Å². The second kappa shape index (κ2) is 6.73. The fourth-order valence-electron chi connectivity index (χ4n) is 1.89. The van der Waals surface area contributed by atoms with Crippen LogP contribution in [0.25, 0.3) is 0 Å². The first-order valence-corrected chi connectivity index (χ1v) is 6.37. The van der Waals surface area contributed by atoms with Gasteiger partial charge in [-0.15, -0.1) is 0 Å². The van der Waals surface area contributed by atoms with Gasteiger partial charge in [0.05, 0.1) is 12.7 Å². The van der Waals surface area contributed by atoms with E-state index in [1.54, 1.807) is 30.3 Å². The molecule has 0 aromatic heterocycles. The number of halogens is 1. The number of methoxy groups -OCH3 is 1. The molecule has 4 nitrogen and oxygen atoms in total. The molecule has 0 aliphatic heterocycles. The van der Waals surface area contributed by atoms with Crippen molar-refractivity contribution in [3.8, 4) is 17.6 Å². The monoisotopic (exact) mass is 286 g/mol. The van der Waals surface area contributed by atoms with Crippen LogP contribution in [0.15, 0.2) is 36.4 Å². The highest BCUT2D eigenvalue weighted by molar-refractivity contribution is 5.43. The van der Waals surface area contributed by atoms with Gasteiger partial charge in [-0.05, 0) is 23.8 Å². The van der Waals surface area contributed by atoms with E-state index in [1.165, 1.54) is 13.2 Å². The van der Waals surface area contributed by atoms with Gasteiger partial charge in [-0.25, -0.2) is 4.39 Å². The number of benzene rings is 2. The Labute approximate surface area is 122 Å². The Morgan fingerprint density at radius 2 is 2.05 bits per heavy atom. The minimum absolute atomic E-state index is 0.00114. The molecule has 0 saturated heterocycles. The van der Waals surface area contributed by atoms with Gasteiger partial charge < -0.3 is 15.2 Å². The lowest BCUT2D eigenvalue weighted by Gasteiger charge is -2.12. The molecule has 0 fully saturated rings. The molecule has 0 radical (unpaired) electrons. The third-order valence-corrected chi connectivity index (χ3v) is 3.05. The molecular formula is C16H15FN2O2. The smallest absolute Gasteiger partial charge is 0.161 e. The minimum atomic E-state index is -0.561. The summed E-state index contributed by atoms with van der Waals surface area (Å²) < 4.78 is 24.8. The van der Waals surface area contributed by atoms with Gasteiger partial charge in [0, 0.05) is 12.1 Å². The summed E-state index contributed by atoms with van der Waals surface area (Å²) in [5, 5.41) is 8.81. The zero-order valence-electron chi connectivity index (χ0n) is 11.6. The quantitative estimate of drug-likeness (QED) is 0.917. The molecule has 0 saturated carbocycles. The highest BCUT2D eigenvalue weighted by atomic mass is 19.1. The van der Waals surface area contributed by atoms with Crippen LogP contribution in [0.3, 0.4) is 0 Å². The van der Waals surface area contributed by atoms with Gasteiger partial charge in [-0.1, -0.05) is 18.2 Å². The molecule has 5 heteroatoms. The molecule has 2 rings (SSSR count). The predicted octanol–water partition coefficient (Wildman–Crippen LogP) is 2.74. The zero-order chi connectivity index (χ0) is 15.2. The summed E-state index contributed by atoms with van der Waals surface area (Å²) >= 11 is 0. The third-order valence-electron chi connectivity index (χ3n) is 3.05. The molecule has 2 N–H and O–H groups in total. The number of nitrogens with two attached hydrogens (primary N) is 1. The number of hydrogen-bond donors (Lipinski definition) is 1. The van der Waals surface area contributed by atoms with Crippen molar-refractivity contribution < 1.29 is 13.9 Å². The van der Waals surface area contributed by atoms with Crippen LogP contribution in [0, 0.1) is 17.1 Å². The molecule has 108 valence electrons. The highest BCUT2D eigenvalue weighted by Gasteiger charge is 2.10. The first-order valence-electron chi connectivity index (χ1n) is 6.37. The largest absolute Gasteiger partial charge is 0.493 e. The standard InChI is InChI=1S/C16H15FN2O2/c1-20-14-6-5-11(8-18)7-15(14)21-10-13-4-2-3-12(9-19)16(13)17/h2-7H,8,10,18H2,1H3. The lowest BCUT2D eigenvalue weighted by Crippen LogP contribution is -2.03. The van der Waals surface area contributed by atoms with E-state index in [1.807, 2.05) is 6.07 Å². The van der Waals surface area contributed by atoms with E-state index in [0.29, 0.717) is 23.6 Å². The molecule has 2 aromatic rings. The van der Waals surface area contributed by atoms with Gasteiger partial charge >= 0.3 is 0 Å². The summed E-state index contributed by atoms with van der Waals surface area (Å²) in [5.41, 5.74) is 6.79. The van der Waals surface area contributed by atoms with Crippen molar-refractivity contribution in [2.24, 2.45) is 5.73 Å². The number of nitrogens with zero attached hydrogens (tertiary/aromatic N) is 1. The van der Waals surface area contributed by atoms with Gasteiger partial charge in [0.1, 0.15) is 18.5 Å². The molecule has 0 amide bonds. The van der Waals surface area contributed by atoms with E-state index in [0.717, 1.165) is 5.56 Å². The van der Waals surface area contributed by atoms with Crippen molar-refractivity contribution >= 4 is 0 Å². The fourth-order valence-corrected chi connectivity index (χ4v) is 1.89. The van der Waals surface area contributed by atoms with Gasteiger partial charge in [0.25, 0.3) is 0 Å². The maximum atomic E-state index is 13.9. The normalized spacial score (nSPS) is 10.0. The lowest BCUT2D eigenvalue weighted by molar-refractivity contribution is 0.279. The van der Waals surface area contributed by atoms with Crippen LogP contribution in [0.4, 0.5) is 4.39 Å². The maximum absolute atomic E-state index is 13.9. The first kappa shape index (κ1) is 14.8. The molecule has 0 unspecified atom stereocenters. The topological polar surface area (TPSA) is 68.3 Å². The summed E-state index contributed by atoms with van der Waals surface area (Å²) in [6.07, 6.45) is 0. The van der Waals surface area contributed by atoms with Gasteiger partial charge in [0.2, 0.25) is 0 Å². The Bertz CT molecular complexity index is 680. The third kappa shape index (κ3) is 3.30. The van der Waals surface area contributed by atoms with E-state index in [9.17, 15) is 4.39 Å². The zero-order valence-corrected chi connectivity index (χ0v) is 11.6. The Morgan fingerprint density at radius 1 is 1.24 bits per heavy atom. The summed E-state index contributed by atoms with van der Waals surface area (Å²) in [4.78, 5) is 0. The number of hydrogen-bond acceptors (Lipinski definition) is 4. The van der Waals surface area contributed by atoms with Crippen LogP contribution < -0.4 is 15.2 Å². The lowest BCUT2D eigenvalue weighted by atomic mass is 10.1. The molecular weight excluding hydrogens is 271 g/mol. The SMILES string of the molecule is COc1ccc(CN)cc1OCc1cccc(C#N)c1F.